The molecule has 1 aromatic rings. The first kappa shape index (κ1) is 13.7. The zero-order valence-corrected chi connectivity index (χ0v) is 11.5. The van der Waals surface area contributed by atoms with Gasteiger partial charge in [0.05, 0.1) is 10.0 Å². The molecule has 0 aliphatic heterocycles. The average molecular weight is 287 g/mol. The topological polar surface area (TPSA) is 41.1 Å². The van der Waals surface area contributed by atoms with E-state index in [9.17, 15) is 4.79 Å². The van der Waals surface area contributed by atoms with E-state index >= 15 is 0 Å². The second-order valence-electron chi connectivity index (χ2n) is 4.49. The van der Waals surface area contributed by atoms with E-state index in [4.69, 9.17) is 23.2 Å². The fraction of sp³-hybridized carbons (Fsp3) is 0.462. The Balaban J connectivity index is 1.62. The highest BCUT2D eigenvalue weighted by Gasteiger charge is 2.28. The highest BCUT2D eigenvalue weighted by Crippen LogP contribution is 2.28. The summed E-state index contributed by atoms with van der Waals surface area (Å²) in [6, 6.07) is 5.57. The molecular formula is C13H16Cl2N2O. The van der Waals surface area contributed by atoms with Crippen LogP contribution in [0.25, 0.3) is 0 Å². The number of rotatable bonds is 6. The number of nitrogens with one attached hydrogen (secondary N) is 2. The van der Waals surface area contributed by atoms with E-state index in [0.717, 1.165) is 31.5 Å². The molecule has 2 rings (SSSR count). The van der Waals surface area contributed by atoms with Gasteiger partial charge in [-0.1, -0.05) is 29.3 Å². The monoisotopic (exact) mass is 286 g/mol. The molecule has 2 N–H and O–H groups in total. The summed E-state index contributed by atoms with van der Waals surface area (Å²) in [6.07, 6.45) is 2.09. The summed E-state index contributed by atoms with van der Waals surface area (Å²) in [5.41, 5.74) is 1.08. The van der Waals surface area contributed by atoms with E-state index in [1.165, 1.54) is 0 Å². The molecule has 0 unspecified atom stereocenters. The van der Waals surface area contributed by atoms with E-state index in [1.54, 1.807) is 6.07 Å². The summed E-state index contributed by atoms with van der Waals surface area (Å²) in [5, 5.41) is 7.28. The largest absolute Gasteiger partial charge is 0.355 e. The third-order valence-corrected chi connectivity index (χ3v) is 3.60. The predicted molar refractivity (Wildman–Crippen MR) is 73.9 cm³/mol. The Hall–Kier alpha value is -0.770. The Morgan fingerprint density at radius 2 is 2.00 bits per heavy atom. The zero-order valence-electron chi connectivity index (χ0n) is 10.0. The van der Waals surface area contributed by atoms with Gasteiger partial charge in [0.2, 0.25) is 5.91 Å². The van der Waals surface area contributed by atoms with Crippen LogP contribution in [0.2, 0.25) is 10.0 Å². The minimum Gasteiger partial charge on any atom is -0.355 e. The molecule has 0 bridgehead atoms. The molecule has 1 aliphatic carbocycles. The molecule has 1 aromatic carbocycles. The van der Waals surface area contributed by atoms with Gasteiger partial charge in [-0.25, -0.2) is 0 Å². The number of halogens is 2. The summed E-state index contributed by atoms with van der Waals surface area (Å²) in [7, 11) is 0. The second-order valence-corrected chi connectivity index (χ2v) is 5.30. The van der Waals surface area contributed by atoms with Crippen LogP contribution in [-0.4, -0.2) is 19.0 Å². The van der Waals surface area contributed by atoms with Gasteiger partial charge in [-0.05, 0) is 30.5 Å². The Morgan fingerprint density at radius 3 is 2.67 bits per heavy atom. The van der Waals surface area contributed by atoms with Crippen LogP contribution in [0.1, 0.15) is 18.4 Å². The van der Waals surface area contributed by atoms with E-state index < -0.39 is 0 Å². The lowest BCUT2D eigenvalue weighted by molar-refractivity contribution is -0.122. The SMILES string of the molecule is O=C(NCCNCc1ccc(Cl)c(Cl)c1)C1CC1. The van der Waals surface area contributed by atoms with Crippen LogP contribution in [0.3, 0.4) is 0 Å². The van der Waals surface area contributed by atoms with Crippen LogP contribution >= 0.6 is 23.2 Å². The van der Waals surface area contributed by atoms with E-state index in [0.29, 0.717) is 16.6 Å². The Bertz CT molecular complexity index is 433. The Kier molecular flexibility index (Phi) is 4.87. The van der Waals surface area contributed by atoms with Crippen molar-refractivity contribution in [3.63, 3.8) is 0 Å². The van der Waals surface area contributed by atoms with Gasteiger partial charge in [0.15, 0.2) is 0 Å². The van der Waals surface area contributed by atoms with Gasteiger partial charge in [-0.15, -0.1) is 0 Å². The molecule has 0 saturated heterocycles. The lowest BCUT2D eigenvalue weighted by Gasteiger charge is -2.07. The zero-order chi connectivity index (χ0) is 13.0. The van der Waals surface area contributed by atoms with Crippen molar-refractivity contribution >= 4 is 29.1 Å². The minimum atomic E-state index is 0.186. The Labute approximate surface area is 117 Å². The third-order valence-electron chi connectivity index (χ3n) is 2.86. The summed E-state index contributed by atoms with van der Waals surface area (Å²) >= 11 is 11.8. The fourth-order valence-electron chi connectivity index (χ4n) is 1.65. The van der Waals surface area contributed by atoms with E-state index in [2.05, 4.69) is 10.6 Å². The molecule has 0 atom stereocenters. The highest BCUT2D eigenvalue weighted by atomic mass is 35.5. The number of carbonyl (C=O) groups excluding carboxylic acids is 1. The van der Waals surface area contributed by atoms with Gasteiger partial charge in [0.25, 0.3) is 0 Å². The molecular weight excluding hydrogens is 271 g/mol. The standard InChI is InChI=1S/C13H16Cl2N2O/c14-11-4-1-9(7-12(11)15)8-16-5-6-17-13(18)10-2-3-10/h1,4,7,10,16H,2-3,5-6,8H2,(H,17,18). The third kappa shape index (κ3) is 4.16. The van der Waals surface area contributed by atoms with Crippen molar-refractivity contribution in [1.29, 1.82) is 0 Å². The van der Waals surface area contributed by atoms with Crippen LogP contribution in [-0.2, 0) is 11.3 Å². The smallest absolute Gasteiger partial charge is 0.223 e. The van der Waals surface area contributed by atoms with Crippen molar-refractivity contribution < 1.29 is 4.79 Å². The van der Waals surface area contributed by atoms with Crippen molar-refractivity contribution in [2.24, 2.45) is 5.92 Å². The minimum absolute atomic E-state index is 0.186. The fourth-order valence-corrected chi connectivity index (χ4v) is 1.97. The average Bonchev–Trinajstić information content (AvgIpc) is 3.17. The lowest BCUT2D eigenvalue weighted by atomic mass is 10.2. The van der Waals surface area contributed by atoms with Crippen LogP contribution in [0.4, 0.5) is 0 Å². The maximum Gasteiger partial charge on any atom is 0.223 e. The summed E-state index contributed by atoms with van der Waals surface area (Å²) < 4.78 is 0. The molecule has 3 nitrogen and oxygen atoms in total. The number of hydrogen-bond acceptors (Lipinski definition) is 2. The number of amides is 1. The molecule has 1 saturated carbocycles. The molecule has 5 heteroatoms. The van der Waals surface area contributed by atoms with Crippen molar-refractivity contribution in [2.45, 2.75) is 19.4 Å². The summed E-state index contributed by atoms with van der Waals surface area (Å²) in [5.74, 6) is 0.464. The van der Waals surface area contributed by atoms with Crippen molar-refractivity contribution in [2.75, 3.05) is 13.1 Å². The van der Waals surface area contributed by atoms with Crippen LogP contribution in [0.15, 0.2) is 18.2 Å². The first-order valence-electron chi connectivity index (χ1n) is 6.09. The molecule has 0 radical (unpaired) electrons. The molecule has 1 amide bonds. The quantitative estimate of drug-likeness (QED) is 0.790. The molecule has 0 heterocycles. The maximum absolute atomic E-state index is 11.3. The maximum atomic E-state index is 11.3. The van der Waals surface area contributed by atoms with Gasteiger partial charge in [0, 0.05) is 25.6 Å². The molecule has 0 aromatic heterocycles. The van der Waals surface area contributed by atoms with Crippen LogP contribution in [0, 0.1) is 5.92 Å². The second kappa shape index (κ2) is 6.41. The van der Waals surface area contributed by atoms with Crippen molar-refractivity contribution in [3.8, 4) is 0 Å². The number of benzene rings is 1. The normalized spacial score (nSPS) is 14.6. The van der Waals surface area contributed by atoms with Gasteiger partial charge >= 0.3 is 0 Å². The Morgan fingerprint density at radius 1 is 1.22 bits per heavy atom. The molecule has 98 valence electrons. The molecule has 1 fully saturated rings. The van der Waals surface area contributed by atoms with E-state index in [1.807, 2.05) is 12.1 Å². The van der Waals surface area contributed by atoms with Gasteiger partial charge in [-0.3, -0.25) is 4.79 Å². The predicted octanol–water partition coefficient (Wildman–Crippen LogP) is 2.61. The first-order chi connectivity index (χ1) is 8.66. The highest BCUT2D eigenvalue weighted by molar-refractivity contribution is 6.42. The lowest BCUT2D eigenvalue weighted by Crippen LogP contribution is -2.32. The summed E-state index contributed by atoms with van der Waals surface area (Å²) in [6.45, 7) is 2.13. The number of carbonyl (C=O) groups is 1. The first-order valence-corrected chi connectivity index (χ1v) is 6.85. The molecule has 0 spiro atoms. The molecule has 18 heavy (non-hydrogen) atoms. The van der Waals surface area contributed by atoms with E-state index in [-0.39, 0.29) is 11.8 Å². The molecule has 1 aliphatic rings. The van der Waals surface area contributed by atoms with Crippen LogP contribution < -0.4 is 10.6 Å². The van der Waals surface area contributed by atoms with Crippen molar-refractivity contribution in [1.82, 2.24) is 10.6 Å². The summed E-state index contributed by atoms with van der Waals surface area (Å²) in [4.78, 5) is 11.3. The van der Waals surface area contributed by atoms with Gasteiger partial charge in [-0.2, -0.15) is 0 Å². The number of hydrogen-bond donors (Lipinski definition) is 2. The van der Waals surface area contributed by atoms with Crippen LogP contribution in [0.5, 0.6) is 0 Å². The van der Waals surface area contributed by atoms with Crippen molar-refractivity contribution in [3.05, 3.63) is 33.8 Å². The van der Waals surface area contributed by atoms with Gasteiger partial charge in [0.1, 0.15) is 0 Å². The van der Waals surface area contributed by atoms with Gasteiger partial charge < -0.3 is 10.6 Å².